The topological polar surface area (TPSA) is 157 Å². The maximum absolute atomic E-state index is 15.5. The van der Waals surface area contributed by atoms with Crippen LogP contribution in [0.25, 0.3) is 0 Å². The molecule has 2 saturated heterocycles. The molecule has 53 heavy (non-hydrogen) atoms. The molecule has 2 aliphatic carbocycles. The van der Waals surface area contributed by atoms with E-state index in [4.69, 9.17) is 21.1 Å². The van der Waals surface area contributed by atoms with E-state index < -0.39 is 63.6 Å². The summed E-state index contributed by atoms with van der Waals surface area (Å²) in [6, 6.07) is 23.5. The molecule has 8 rings (SSSR count). The highest BCUT2D eigenvalue weighted by atomic mass is 35.5. The second-order valence-corrected chi connectivity index (χ2v) is 14.1. The first-order chi connectivity index (χ1) is 25.5. The molecule has 4 aromatic carbocycles. The Kier molecular flexibility index (Phi) is 8.10. The predicted molar refractivity (Wildman–Crippen MR) is 193 cm³/mol. The molecule has 13 heteroatoms. The first kappa shape index (κ1) is 34.1. The highest BCUT2D eigenvalue weighted by Gasteiger charge is 2.71. The Balaban J connectivity index is 1.37. The third kappa shape index (κ3) is 4.88. The molecule has 268 valence electrons. The van der Waals surface area contributed by atoms with Gasteiger partial charge in [-0.15, -0.1) is 0 Å². The number of hydrogen-bond acceptors (Lipinski definition) is 9. The number of ether oxygens (including phenoxy) is 2. The van der Waals surface area contributed by atoms with Crippen molar-refractivity contribution in [2.75, 3.05) is 24.0 Å². The van der Waals surface area contributed by atoms with Gasteiger partial charge in [0.15, 0.2) is 0 Å². The lowest BCUT2D eigenvalue weighted by molar-refractivity contribution is -0.384. The number of phenols is 1. The number of fused-ring (bicyclic) bond motifs is 4. The number of hydrogen-bond donors (Lipinski definition) is 1. The Labute approximate surface area is 308 Å². The summed E-state index contributed by atoms with van der Waals surface area (Å²) in [5.74, 6) is -6.10. The molecule has 0 aromatic heterocycles. The highest BCUT2D eigenvalue weighted by molar-refractivity contribution is 6.32. The quantitative estimate of drug-likeness (QED) is 0.0991. The van der Waals surface area contributed by atoms with Crippen molar-refractivity contribution in [1.82, 2.24) is 0 Å². The third-order valence-electron chi connectivity index (χ3n) is 11.3. The van der Waals surface area contributed by atoms with Crippen LogP contribution in [-0.2, 0) is 24.6 Å². The molecule has 3 fully saturated rings. The van der Waals surface area contributed by atoms with E-state index in [1.54, 1.807) is 48.5 Å². The number of nitrogens with zero attached hydrogens (tertiary/aromatic N) is 3. The fraction of sp³-hybridized carbons (Fsp3) is 0.250. The Bertz CT molecular complexity index is 2230. The fourth-order valence-electron chi connectivity index (χ4n) is 9.25. The number of rotatable bonds is 7. The molecule has 4 aromatic rings. The summed E-state index contributed by atoms with van der Waals surface area (Å²) in [5.41, 5.74) is 0.311. The molecular weight excluding hydrogens is 702 g/mol. The molecule has 0 bridgehead atoms. The number of methoxy groups -OCH3 is 2. The number of non-ortho nitro benzene ring substituents is 1. The lowest BCUT2D eigenvalue weighted by atomic mass is 9.49. The van der Waals surface area contributed by atoms with E-state index in [1.807, 2.05) is 12.1 Å². The molecule has 1 saturated carbocycles. The van der Waals surface area contributed by atoms with Crippen LogP contribution in [0.3, 0.4) is 0 Å². The van der Waals surface area contributed by atoms with E-state index >= 15 is 4.79 Å². The van der Waals surface area contributed by atoms with Crippen molar-refractivity contribution in [2.24, 2.45) is 23.7 Å². The maximum Gasteiger partial charge on any atom is 0.269 e. The van der Waals surface area contributed by atoms with Gasteiger partial charge in [0, 0.05) is 40.8 Å². The third-order valence-corrected chi connectivity index (χ3v) is 11.5. The van der Waals surface area contributed by atoms with Gasteiger partial charge in [-0.25, -0.2) is 4.90 Å². The molecule has 2 aliphatic heterocycles. The minimum Gasteiger partial charge on any atom is -0.508 e. The molecule has 0 radical (unpaired) electrons. The van der Waals surface area contributed by atoms with Crippen molar-refractivity contribution in [3.63, 3.8) is 0 Å². The number of nitro groups is 1. The van der Waals surface area contributed by atoms with Crippen LogP contribution in [0.4, 0.5) is 17.1 Å². The molecule has 6 unspecified atom stereocenters. The van der Waals surface area contributed by atoms with Crippen LogP contribution in [0.15, 0.2) is 103 Å². The van der Waals surface area contributed by atoms with Crippen molar-refractivity contribution < 1.29 is 38.7 Å². The van der Waals surface area contributed by atoms with Gasteiger partial charge in [0.1, 0.15) is 17.2 Å². The van der Waals surface area contributed by atoms with E-state index in [9.17, 15) is 29.6 Å². The van der Waals surface area contributed by atoms with Crippen LogP contribution in [0.5, 0.6) is 17.2 Å². The van der Waals surface area contributed by atoms with Crippen molar-refractivity contribution >= 4 is 52.3 Å². The Morgan fingerprint density at radius 2 is 1.49 bits per heavy atom. The first-order valence-electron chi connectivity index (χ1n) is 17.0. The summed E-state index contributed by atoms with van der Waals surface area (Å²) in [6.45, 7) is 0. The van der Waals surface area contributed by atoms with Gasteiger partial charge in [0.25, 0.3) is 5.69 Å². The number of imide groups is 2. The number of amides is 4. The van der Waals surface area contributed by atoms with Crippen molar-refractivity contribution in [2.45, 2.75) is 24.2 Å². The average Bonchev–Trinajstić information content (AvgIpc) is 3.55. The number of halogens is 1. The minimum atomic E-state index is -1.60. The number of benzene rings is 4. The molecular formula is C40H32ClN3O9. The zero-order chi connectivity index (χ0) is 37.3. The highest BCUT2D eigenvalue weighted by Crippen LogP contribution is 2.66. The monoisotopic (exact) mass is 733 g/mol. The Morgan fingerprint density at radius 3 is 2.11 bits per heavy atom. The zero-order valence-electron chi connectivity index (χ0n) is 28.5. The lowest BCUT2D eigenvalue weighted by Gasteiger charge is -2.51. The summed E-state index contributed by atoms with van der Waals surface area (Å²) in [5, 5.41) is 22.4. The summed E-state index contributed by atoms with van der Waals surface area (Å²) in [6.07, 6.45) is 2.10. The second-order valence-electron chi connectivity index (χ2n) is 13.6. The Morgan fingerprint density at radius 1 is 0.811 bits per heavy atom. The molecule has 2 heterocycles. The number of carbonyl (C=O) groups excluding carboxylic acids is 4. The number of carbonyl (C=O) groups is 4. The normalized spacial score (nSPS) is 26.2. The smallest absolute Gasteiger partial charge is 0.269 e. The van der Waals surface area contributed by atoms with Gasteiger partial charge in [0.05, 0.1) is 53.7 Å². The molecule has 4 amide bonds. The zero-order valence-corrected chi connectivity index (χ0v) is 29.2. The van der Waals surface area contributed by atoms with E-state index in [0.29, 0.717) is 21.7 Å². The van der Waals surface area contributed by atoms with Gasteiger partial charge in [-0.3, -0.25) is 34.2 Å². The van der Waals surface area contributed by atoms with Crippen LogP contribution >= 0.6 is 11.6 Å². The van der Waals surface area contributed by atoms with Crippen LogP contribution < -0.4 is 19.3 Å². The molecule has 1 N–H and O–H groups in total. The fourth-order valence-corrected chi connectivity index (χ4v) is 9.43. The second kappa shape index (κ2) is 12.6. The maximum atomic E-state index is 15.5. The Hall–Kier alpha value is -6.01. The number of aromatic hydroxyl groups is 1. The van der Waals surface area contributed by atoms with E-state index in [0.717, 1.165) is 9.80 Å². The number of phenolic OH excluding ortho intramolecular Hbond substituents is 1. The van der Waals surface area contributed by atoms with Crippen molar-refractivity contribution in [3.05, 3.63) is 129 Å². The molecule has 4 aliphatic rings. The van der Waals surface area contributed by atoms with Crippen molar-refractivity contribution in [3.8, 4) is 17.2 Å². The standard InChI is InChI=1S/C40H32ClN3O9/c1-52-31-18-26(45)19-32(53-2)34(31)35-27-15-16-28-33(38(48)42(36(28)46)23-11-13-24(14-12-23)44(50)51)29(27)20-30-37(47)43(25-10-6-9-22(41)17-25)39(49)40(30,35)21-7-4-3-5-8-21/h3-15,17-19,28-30,33,35,45H,16,20H2,1-2H3. The molecule has 0 spiro atoms. The van der Waals surface area contributed by atoms with Crippen LogP contribution in [0.2, 0.25) is 5.02 Å². The molecule has 6 atom stereocenters. The van der Waals surface area contributed by atoms with Crippen LogP contribution in [0.1, 0.15) is 29.9 Å². The number of anilines is 2. The van der Waals surface area contributed by atoms with Gasteiger partial charge >= 0.3 is 0 Å². The van der Waals surface area contributed by atoms with Gasteiger partial charge in [-0.2, -0.15) is 0 Å². The molecule has 12 nitrogen and oxygen atoms in total. The van der Waals surface area contributed by atoms with E-state index in [1.165, 1.54) is 50.6 Å². The summed E-state index contributed by atoms with van der Waals surface area (Å²) in [4.78, 5) is 72.1. The number of allylic oxidation sites excluding steroid dienone is 2. The number of nitro benzene ring substituents is 1. The van der Waals surface area contributed by atoms with Gasteiger partial charge < -0.3 is 14.6 Å². The summed E-state index contributed by atoms with van der Waals surface area (Å²) in [7, 11) is 2.86. The van der Waals surface area contributed by atoms with E-state index in [2.05, 4.69) is 0 Å². The van der Waals surface area contributed by atoms with Gasteiger partial charge in [-0.05, 0) is 54.7 Å². The van der Waals surface area contributed by atoms with Gasteiger partial charge in [0.2, 0.25) is 23.6 Å². The SMILES string of the molecule is COc1cc(O)cc(OC)c1C1C2=CCC3C(=O)N(c4ccc([N+](=O)[O-])cc4)C(=O)C3C2CC2C(=O)N(c3cccc(Cl)c3)C(=O)C21c1ccccc1. The largest absolute Gasteiger partial charge is 0.508 e. The summed E-state index contributed by atoms with van der Waals surface area (Å²) < 4.78 is 11.7. The van der Waals surface area contributed by atoms with Crippen LogP contribution in [-0.4, -0.2) is 47.9 Å². The predicted octanol–water partition coefficient (Wildman–Crippen LogP) is 6.34. The minimum absolute atomic E-state index is 0.0515. The van der Waals surface area contributed by atoms with Crippen LogP contribution in [0, 0.1) is 33.8 Å². The first-order valence-corrected chi connectivity index (χ1v) is 17.4. The average molecular weight is 734 g/mol. The summed E-state index contributed by atoms with van der Waals surface area (Å²) >= 11 is 6.40. The lowest BCUT2D eigenvalue weighted by Crippen LogP contribution is -2.53. The van der Waals surface area contributed by atoms with E-state index in [-0.39, 0.29) is 47.2 Å². The van der Waals surface area contributed by atoms with Crippen molar-refractivity contribution in [1.29, 1.82) is 0 Å². The van der Waals surface area contributed by atoms with Gasteiger partial charge in [-0.1, -0.05) is 59.6 Å².